The van der Waals surface area contributed by atoms with Gasteiger partial charge in [-0.3, -0.25) is 9.59 Å². The maximum Gasteiger partial charge on any atom is 0.253 e. The quantitative estimate of drug-likeness (QED) is 0.610. The Bertz CT molecular complexity index is 1190. The summed E-state index contributed by atoms with van der Waals surface area (Å²) >= 11 is 0. The average molecular weight is 518 g/mol. The van der Waals surface area contributed by atoms with Gasteiger partial charge in [0.15, 0.2) is 0 Å². The largest absolute Gasteiger partial charge is 0.493 e. The Morgan fingerprint density at radius 2 is 1.82 bits per heavy atom. The SMILES string of the molecule is CCN1CCC[C@H](NC(=O)c2ccc(N3[C@@H]4CC[C@H]3CC(NC(=O)c3ccc5c(c3C)OCC5)C4)nc2)C1. The van der Waals surface area contributed by atoms with Crippen LogP contribution in [0, 0.1) is 6.92 Å². The predicted molar refractivity (Wildman–Crippen MR) is 147 cm³/mol. The number of anilines is 1. The molecule has 2 bridgehead atoms. The molecule has 4 aliphatic rings. The number of amides is 2. The lowest BCUT2D eigenvalue weighted by atomic mass is 9.96. The fourth-order valence-electron chi connectivity index (χ4n) is 6.99. The summed E-state index contributed by atoms with van der Waals surface area (Å²) in [6, 6.07) is 8.91. The summed E-state index contributed by atoms with van der Waals surface area (Å²) in [5, 5.41) is 6.51. The molecule has 6 rings (SSSR count). The van der Waals surface area contributed by atoms with E-state index in [1.807, 2.05) is 31.2 Å². The highest BCUT2D eigenvalue weighted by Gasteiger charge is 2.42. The molecule has 2 aromatic rings. The van der Waals surface area contributed by atoms with Crippen LogP contribution in [0.4, 0.5) is 5.82 Å². The van der Waals surface area contributed by atoms with Crippen molar-refractivity contribution in [1.82, 2.24) is 20.5 Å². The zero-order valence-corrected chi connectivity index (χ0v) is 22.5. The molecule has 202 valence electrons. The second-order valence-electron chi connectivity index (χ2n) is 11.4. The first-order valence-corrected chi connectivity index (χ1v) is 14.3. The number of likely N-dealkylation sites (tertiary alicyclic amines) is 1. The van der Waals surface area contributed by atoms with Gasteiger partial charge in [-0.1, -0.05) is 13.0 Å². The number of piperidine rings is 2. The van der Waals surface area contributed by atoms with Gasteiger partial charge in [0, 0.05) is 54.5 Å². The minimum atomic E-state index is -0.0383. The second-order valence-corrected chi connectivity index (χ2v) is 11.4. The number of likely N-dealkylation sites (N-methyl/N-ethyl adjacent to an activating group) is 1. The fourth-order valence-corrected chi connectivity index (χ4v) is 6.99. The zero-order valence-electron chi connectivity index (χ0n) is 22.5. The fraction of sp³-hybridized carbons (Fsp3) is 0.567. The molecule has 3 fully saturated rings. The van der Waals surface area contributed by atoms with Gasteiger partial charge in [-0.25, -0.2) is 4.98 Å². The van der Waals surface area contributed by atoms with E-state index in [9.17, 15) is 9.59 Å². The van der Waals surface area contributed by atoms with E-state index in [0.29, 0.717) is 29.8 Å². The van der Waals surface area contributed by atoms with Crippen LogP contribution in [0.25, 0.3) is 0 Å². The normalized spacial score (nSPS) is 26.5. The first kappa shape index (κ1) is 25.2. The minimum absolute atomic E-state index is 0.00726. The van der Waals surface area contributed by atoms with Crippen molar-refractivity contribution in [3.63, 3.8) is 0 Å². The van der Waals surface area contributed by atoms with Gasteiger partial charge in [0.1, 0.15) is 11.6 Å². The highest BCUT2D eigenvalue weighted by molar-refractivity contribution is 5.97. The minimum Gasteiger partial charge on any atom is -0.493 e. The molecule has 8 nitrogen and oxygen atoms in total. The van der Waals surface area contributed by atoms with Gasteiger partial charge in [0.25, 0.3) is 11.8 Å². The zero-order chi connectivity index (χ0) is 26.2. The number of ether oxygens (including phenoxy) is 1. The lowest BCUT2D eigenvalue weighted by molar-refractivity contribution is 0.0903. The topological polar surface area (TPSA) is 86.8 Å². The predicted octanol–water partition coefficient (Wildman–Crippen LogP) is 3.47. The van der Waals surface area contributed by atoms with Crippen molar-refractivity contribution in [3.8, 4) is 5.75 Å². The molecule has 2 amide bonds. The molecule has 0 radical (unpaired) electrons. The molecule has 1 aromatic carbocycles. The van der Waals surface area contributed by atoms with Gasteiger partial charge >= 0.3 is 0 Å². The number of carbonyl (C=O) groups excluding carboxylic acids is 2. The van der Waals surface area contributed by atoms with Gasteiger partial charge in [-0.15, -0.1) is 0 Å². The lowest BCUT2D eigenvalue weighted by Crippen LogP contribution is -2.51. The second kappa shape index (κ2) is 10.6. The monoisotopic (exact) mass is 517 g/mol. The van der Waals surface area contributed by atoms with E-state index in [1.54, 1.807) is 6.20 Å². The van der Waals surface area contributed by atoms with E-state index in [0.717, 1.165) is 81.7 Å². The van der Waals surface area contributed by atoms with Crippen LogP contribution in [0.1, 0.15) is 77.3 Å². The number of fused-ring (bicyclic) bond motifs is 3. The molecule has 0 spiro atoms. The van der Waals surface area contributed by atoms with E-state index in [4.69, 9.17) is 9.72 Å². The van der Waals surface area contributed by atoms with Crippen LogP contribution in [0.15, 0.2) is 30.5 Å². The van der Waals surface area contributed by atoms with E-state index in [-0.39, 0.29) is 23.9 Å². The molecule has 1 aromatic heterocycles. The van der Waals surface area contributed by atoms with Gasteiger partial charge in [-0.05, 0) is 82.3 Å². The molecule has 8 heteroatoms. The summed E-state index contributed by atoms with van der Waals surface area (Å²) in [7, 11) is 0. The number of rotatable bonds is 6. The van der Waals surface area contributed by atoms with Crippen LogP contribution in [0.2, 0.25) is 0 Å². The van der Waals surface area contributed by atoms with Crippen LogP contribution in [-0.2, 0) is 6.42 Å². The van der Waals surface area contributed by atoms with Crippen LogP contribution >= 0.6 is 0 Å². The van der Waals surface area contributed by atoms with Crippen molar-refractivity contribution in [3.05, 3.63) is 52.7 Å². The van der Waals surface area contributed by atoms with Crippen molar-refractivity contribution in [2.24, 2.45) is 0 Å². The molecule has 4 aliphatic heterocycles. The van der Waals surface area contributed by atoms with E-state index in [1.165, 1.54) is 5.56 Å². The first-order valence-electron chi connectivity index (χ1n) is 14.3. The number of benzene rings is 1. The number of carbonyl (C=O) groups is 2. The van der Waals surface area contributed by atoms with Crippen molar-refractivity contribution < 1.29 is 14.3 Å². The molecule has 5 heterocycles. The summed E-state index contributed by atoms with van der Waals surface area (Å²) in [6.07, 6.45) is 8.79. The van der Waals surface area contributed by atoms with E-state index < -0.39 is 0 Å². The standard InChI is InChI=1S/C30H39N5O3/c1-3-34-13-4-5-22(18-34)32-29(36)21-7-11-27(31-17-21)35-24-8-9-25(35)16-23(15-24)33-30(37)26-10-6-20-12-14-38-28(20)19(26)2/h6-7,10-11,17,22-25H,3-5,8-9,12-16,18H2,1-2H3,(H,32,36)(H,33,37)/t22-,23?,24-,25+/m0/s1. The highest BCUT2D eigenvalue weighted by Crippen LogP contribution is 2.39. The summed E-state index contributed by atoms with van der Waals surface area (Å²) in [6.45, 7) is 7.90. The Labute approximate surface area is 225 Å². The molecule has 0 aliphatic carbocycles. The van der Waals surface area contributed by atoms with Crippen LogP contribution in [0.5, 0.6) is 5.75 Å². The summed E-state index contributed by atoms with van der Waals surface area (Å²) in [4.78, 5) is 35.5. The Kier molecular flexibility index (Phi) is 6.99. The molecule has 4 atom stereocenters. The molecule has 3 saturated heterocycles. The summed E-state index contributed by atoms with van der Waals surface area (Å²) in [5.74, 6) is 1.77. The number of hydrogen-bond acceptors (Lipinski definition) is 6. The van der Waals surface area contributed by atoms with Crippen molar-refractivity contribution in [2.45, 2.75) is 83.0 Å². The van der Waals surface area contributed by atoms with Crippen molar-refractivity contribution >= 4 is 17.6 Å². The number of hydrogen-bond donors (Lipinski definition) is 2. The summed E-state index contributed by atoms with van der Waals surface area (Å²) < 4.78 is 5.77. The molecule has 0 saturated carbocycles. The Morgan fingerprint density at radius 3 is 2.55 bits per heavy atom. The van der Waals surface area contributed by atoms with Gasteiger partial charge in [0.2, 0.25) is 0 Å². The maximum absolute atomic E-state index is 13.2. The Hall–Kier alpha value is -3.13. The maximum atomic E-state index is 13.2. The van der Waals surface area contributed by atoms with Gasteiger partial charge in [-0.2, -0.15) is 0 Å². The summed E-state index contributed by atoms with van der Waals surface area (Å²) in [5.41, 5.74) is 3.47. The van der Waals surface area contributed by atoms with E-state index >= 15 is 0 Å². The third-order valence-corrected chi connectivity index (χ3v) is 8.98. The molecule has 38 heavy (non-hydrogen) atoms. The number of aromatic nitrogens is 1. The van der Waals surface area contributed by atoms with Crippen LogP contribution < -0.4 is 20.3 Å². The number of nitrogens with zero attached hydrogens (tertiary/aromatic N) is 3. The average Bonchev–Trinajstić information content (AvgIpc) is 3.52. The lowest BCUT2D eigenvalue weighted by Gasteiger charge is -2.40. The van der Waals surface area contributed by atoms with Gasteiger partial charge in [0.05, 0.1) is 12.2 Å². The van der Waals surface area contributed by atoms with Crippen molar-refractivity contribution in [2.75, 3.05) is 31.1 Å². The number of nitrogens with one attached hydrogen (secondary N) is 2. The third kappa shape index (κ3) is 4.86. The van der Waals surface area contributed by atoms with Crippen LogP contribution in [0.3, 0.4) is 0 Å². The Morgan fingerprint density at radius 1 is 1.03 bits per heavy atom. The molecular weight excluding hydrogens is 478 g/mol. The first-order chi connectivity index (χ1) is 18.5. The molecule has 1 unspecified atom stereocenters. The van der Waals surface area contributed by atoms with Crippen LogP contribution in [-0.4, -0.2) is 72.1 Å². The van der Waals surface area contributed by atoms with Gasteiger partial charge < -0.3 is 25.2 Å². The Balaban J connectivity index is 1.07. The molecular formula is C30H39N5O3. The molecule has 2 N–H and O–H groups in total. The van der Waals surface area contributed by atoms with E-state index in [2.05, 4.69) is 27.4 Å². The highest BCUT2D eigenvalue weighted by atomic mass is 16.5. The smallest absolute Gasteiger partial charge is 0.253 e. The third-order valence-electron chi connectivity index (χ3n) is 8.98. The van der Waals surface area contributed by atoms with Crippen molar-refractivity contribution in [1.29, 1.82) is 0 Å². The number of pyridine rings is 1.